The second-order valence-electron chi connectivity index (χ2n) is 1.96. The highest BCUT2D eigenvalue weighted by molar-refractivity contribution is 7.12. The molecule has 0 aliphatic carbocycles. The summed E-state index contributed by atoms with van der Waals surface area (Å²) in [7, 11) is 2.04. The second-order valence-corrected chi connectivity index (χ2v) is 3.37. The summed E-state index contributed by atoms with van der Waals surface area (Å²) < 4.78 is 0. The van der Waals surface area contributed by atoms with Gasteiger partial charge in [0.1, 0.15) is 0 Å². The molecule has 0 aliphatic heterocycles. The molecule has 0 fully saturated rings. The van der Waals surface area contributed by atoms with Crippen molar-refractivity contribution in [3.8, 4) is 0 Å². The van der Waals surface area contributed by atoms with Gasteiger partial charge in [-0.3, -0.25) is 4.98 Å². The van der Waals surface area contributed by atoms with E-state index in [-0.39, 0.29) is 0 Å². The molecule has 0 saturated heterocycles. The molecule has 0 aromatic carbocycles. The van der Waals surface area contributed by atoms with Gasteiger partial charge in [0.15, 0.2) is 7.28 Å². The highest BCUT2D eigenvalue weighted by atomic mass is 32.1. The predicted octanol–water partition coefficient (Wildman–Crippen LogP) is 2.16. The Morgan fingerprint density at radius 1 is 1.27 bits per heavy atom. The topological polar surface area (TPSA) is 12.9 Å². The highest BCUT2D eigenvalue weighted by Gasteiger charge is 2.00. The summed E-state index contributed by atoms with van der Waals surface area (Å²) in [6, 6.07) is 0. The zero-order chi connectivity index (χ0) is 8.85. The first-order valence-corrected chi connectivity index (χ1v) is 4.79. The smallest absolute Gasteiger partial charge is 0.175 e. The summed E-state index contributed by atoms with van der Waals surface area (Å²) in [6.07, 6.45) is 0. The van der Waals surface area contributed by atoms with Crippen LogP contribution in [0.5, 0.6) is 0 Å². The largest absolute Gasteiger partial charge is 0.257 e. The standard InChI is InChI=1S/C6H9BNS.C2H6/c1-4-6(7-3)8-5(2)9-4;1-2/h1-3H3;1-2H3. The molecular formula is C8H15BNS. The van der Waals surface area contributed by atoms with Crippen molar-refractivity contribution in [1.82, 2.24) is 4.98 Å². The number of aryl methyl sites for hydroxylation is 2. The number of rotatable bonds is 1. The molecule has 0 bridgehead atoms. The van der Waals surface area contributed by atoms with E-state index in [0.29, 0.717) is 0 Å². The zero-order valence-electron chi connectivity index (χ0n) is 7.93. The maximum atomic E-state index is 4.29. The van der Waals surface area contributed by atoms with Crippen LogP contribution in [0.3, 0.4) is 0 Å². The van der Waals surface area contributed by atoms with E-state index in [4.69, 9.17) is 0 Å². The first-order valence-electron chi connectivity index (χ1n) is 3.97. The third-order valence-corrected chi connectivity index (χ3v) is 2.11. The van der Waals surface area contributed by atoms with Crippen molar-refractivity contribution < 1.29 is 0 Å². The zero-order valence-corrected chi connectivity index (χ0v) is 8.75. The van der Waals surface area contributed by atoms with Crippen LogP contribution in [-0.2, 0) is 0 Å². The number of aromatic nitrogens is 1. The second kappa shape index (κ2) is 5.36. The third-order valence-electron chi connectivity index (χ3n) is 1.21. The summed E-state index contributed by atoms with van der Waals surface area (Å²) >= 11 is 1.75. The summed E-state index contributed by atoms with van der Waals surface area (Å²) in [5.41, 5.74) is 1.14. The molecule has 0 aliphatic rings. The maximum Gasteiger partial charge on any atom is 0.175 e. The van der Waals surface area contributed by atoms with Crippen molar-refractivity contribution in [3.63, 3.8) is 0 Å². The first-order chi connectivity index (χ1) is 5.24. The predicted molar refractivity (Wildman–Crippen MR) is 54.2 cm³/mol. The van der Waals surface area contributed by atoms with Crippen molar-refractivity contribution >= 4 is 24.2 Å². The summed E-state index contributed by atoms with van der Waals surface area (Å²) in [5.74, 6) is 0. The fourth-order valence-corrected chi connectivity index (χ4v) is 1.67. The summed E-state index contributed by atoms with van der Waals surface area (Å²) in [6.45, 7) is 10.1. The molecule has 0 saturated carbocycles. The molecule has 11 heavy (non-hydrogen) atoms. The number of thiazole rings is 1. The van der Waals surface area contributed by atoms with Gasteiger partial charge in [0, 0.05) is 10.5 Å². The van der Waals surface area contributed by atoms with Crippen LogP contribution in [0.1, 0.15) is 23.7 Å². The van der Waals surface area contributed by atoms with Crippen molar-refractivity contribution in [2.75, 3.05) is 0 Å². The van der Waals surface area contributed by atoms with Gasteiger partial charge in [-0.15, -0.1) is 11.3 Å². The number of nitrogens with zero attached hydrogens (tertiary/aromatic N) is 1. The van der Waals surface area contributed by atoms with Crippen molar-refractivity contribution in [2.45, 2.75) is 34.5 Å². The van der Waals surface area contributed by atoms with E-state index in [9.17, 15) is 0 Å². The Labute approximate surface area is 74.1 Å². The molecule has 1 aromatic heterocycles. The lowest BCUT2D eigenvalue weighted by Crippen LogP contribution is -2.14. The Balaban J connectivity index is 0.000000461. The Hall–Kier alpha value is -0.305. The highest BCUT2D eigenvalue weighted by Crippen LogP contribution is 2.06. The van der Waals surface area contributed by atoms with Gasteiger partial charge < -0.3 is 0 Å². The molecule has 0 N–H and O–H groups in total. The Morgan fingerprint density at radius 2 is 1.82 bits per heavy atom. The van der Waals surface area contributed by atoms with Crippen LogP contribution in [0.25, 0.3) is 0 Å². The van der Waals surface area contributed by atoms with E-state index in [0.717, 1.165) is 10.6 Å². The van der Waals surface area contributed by atoms with E-state index >= 15 is 0 Å². The molecule has 0 unspecified atom stereocenters. The van der Waals surface area contributed by atoms with E-state index in [2.05, 4.69) is 11.9 Å². The van der Waals surface area contributed by atoms with E-state index in [1.165, 1.54) is 4.88 Å². The van der Waals surface area contributed by atoms with Gasteiger partial charge >= 0.3 is 0 Å². The molecule has 1 aromatic rings. The molecule has 1 heterocycles. The molecule has 1 nitrogen and oxygen atoms in total. The van der Waals surface area contributed by atoms with E-state index < -0.39 is 0 Å². The van der Waals surface area contributed by atoms with Crippen molar-refractivity contribution in [3.05, 3.63) is 9.88 Å². The molecule has 3 heteroatoms. The number of hydrogen-bond donors (Lipinski definition) is 0. The third kappa shape index (κ3) is 3.06. The fraction of sp³-hybridized carbons (Fsp3) is 0.625. The normalized spacial score (nSPS) is 8.45. The minimum Gasteiger partial charge on any atom is -0.257 e. The maximum absolute atomic E-state index is 4.29. The van der Waals surface area contributed by atoms with Crippen LogP contribution < -0.4 is 5.59 Å². The molecule has 61 valence electrons. The number of hydrogen-bond acceptors (Lipinski definition) is 2. The van der Waals surface area contributed by atoms with E-state index in [1.807, 2.05) is 34.9 Å². The summed E-state index contributed by atoms with van der Waals surface area (Å²) in [5, 5.41) is 1.15. The summed E-state index contributed by atoms with van der Waals surface area (Å²) in [4.78, 5) is 5.61. The van der Waals surface area contributed by atoms with Gasteiger partial charge in [0.25, 0.3) is 0 Å². The van der Waals surface area contributed by atoms with Gasteiger partial charge in [-0.25, -0.2) is 0 Å². The first kappa shape index (κ1) is 10.7. The van der Waals surface area contributed by atoms with Crippen LogP contribution in [-0.4, -0.2) is 12.3 Å². The van der Waals surface area contributed by atoms with Gasteiger partial charge in [0.05, 0.1) is 5.01 Å². The van der Waals surface area contributed by atoms with Gasteiger partial charge in [0.2, 0.25) is 0 Å². The van der Waals surface area contributed by atoms with Crippen LogP contribution in [0, 0.1) is 13.8 Å². The van der Waals surface area contributed by atoms with Gasteiger partial charge in [-0.1, -0.05) is 20.7 Å². The molecule has 0 amide bonds. The van der Waals surface area contributed by atoms with Crippen LogP contribution in [0.15, 0.2) is 0 Å². The lowest BCUT2D eigenvalue weighted by molar-refractivity contribution is 1.33. The molecule has 0 atom stereocenters. The monoisotopic (exact) mass is 168 g/mol. The average molecular weight is 168 g/mol. The quantitative estimate of drug-likeness (QED) is 0.585. The van der Waals surface area contributed by atoms with Crippen LogP contribution >= 0.6 is 11.3 Å². The van der Waals surface area contributed by atoms with Crippen molar-refractivity contribution in [2.24, 2.45) is 0 Å². The molecule has 0 spiro atoms. The SMILES string of the molecule is CC.C[B]c1nc(C)sc1C. The van der Waals surface area contributed by atoms with Gasteiger partial charge in [-0.2, -0.15) is 0 Å². The molecule has 1 radical (unpaired) electrons. The minimum absolute atomic E-state index is 1.14. The Bertz CT molecular complexity index is 208. The molecular weight excluding hydrogens is 153 g/mol. The minimum atomic E-state index is 1.14. The van der Waals surface area contributed by atoms with E-state index in [1.54, 1.807) is 11.3 Å². The fourth-order valence-electron chi connectivity index (χ4n) is 0.813. The van der Waals surface area contributed by atoms with Crippen LogP contribution in [0.2, 0.25) is 6.82 Å². The lowest BCUT2D eigenvalue weighted by Gasteiger charge is -1.84. The molecule has 1 rings (SSSR count). The Kier molecular flexibility index (Phi) is 5.21. The van der Waals surface area contributed by atoms with Gasteiger partial charge in [-0.05, 0) is 13.8 Å². The van der Waals surface area contributed by atoms with Crippen LogP contribution in [0.4, 0.5) is 0 Å². The Morgan fingerprint density at radius 3 is 2.00 bits per heavy atom. The van der Waals surface area contributed by atoms with Crippen molar-refractivity contribution in [1.29, 1.82) is 0 Å². The average Bonchev–Trinajstić information content (AvgIpc) is 2.33. The lowest BCUT2D eigenvalue weighted by atomic mass is 9.77.